The van der Waals surface area contributed by atoms with Crippen LogP contribution < -0.4 is 15.8 Å². The van der Waals surface area contributed by atoms with Crippen LogP contribution in [-0.2, 0) is 6.54 Å². The molecule has 0 radical (unpaired) electrons. The minimum Gasteiger partial charge on any atom is -0.508 e. The zero-order valence-corrected chi connectivity index (χ0v) is 18.8. The summed E-state index contributed by atoms with van der Waals surface area (Å²) >= 11 is 0. The van der Waals surface area contributed by atoms with Crippen LogP contribution in [-0.4, -0.2) is 39.0 Å². The third-order valence-corrected chi connectivity index (χ3v) is 5.51. The Bertz CT molecular complexity index is 1570. The molecule has 4 N–H and O–H groups in total. The van der Waals surface area contributed by atoms with Gasteiger partial charge in [0.05, 0.1) is 24.4 Å². The van der Waals surface area contributed by atoms with E-state index >= 15 is 0 Å². The van der Waals surface area contributed by atoms with Crippen molar-refractivity contribution in [3.05, 3.63) is 89.5 Å². The van der Waals surface area contributed by atoms with Gasteiger partial charge in [-0.1, -0.05) is 36.4 Å². The lowest BCUT2D eigenvalue weighted by Crippen LogP contribution is -2.23. The van der Waals surface area contributed by atoms with Crippen molar-refractivity contribution in [2.24, 2.45) is 5.10 Å². The van der Waals surface area contributed by atoms with E-state index in [2.05, 4.69) is 20.4 Å². The molecule has 3 aromatic carbocycles. The molecular weight excluding hydrogens is 444 g/mol. The topological polar surface area (TPSA) is 128 Å². The number of aromatic nitrogens is 3. The van der Waals surface area contributed by atoms with Crippen molar-refractivity contribution in [3.8, 4) is 11.5 Å². The highest BCUT2D eigenvalue weighted by molar-refractivity contribution is 6.10. The Morgan fingerprint density at radius 1 is 1.09 bits per heavy atom. The zero-order valence-electron chi connectivity index (χ0n) is 18.8. The first kappa shape index (κ1) is 21.9. The Labute approximate surface area is 200 Å². The van der Waals surface area contributed by atoms with E-state index in [-0.39, 0.29) is 23.0 Å². The van der Waals surface area contributed by atoms with E-state index in [9.17, 15) is 9.90 Å². The van der Waals surface area contributed by atoms with E-state index in [1.54, 1.807) is 31.4 Å². The fraction of sp³-hybridized carbons (Fsp3) is 0.0769. The molecular formula is C26H22N6O3. The van der Waals surface area contributed by atoms with Crippen molar-refractivity contribution < 1.29 is 14.6 Å². The number of carbonyl (C=O) groups excluding carboxylic acids is 1. The normalized spacial score (nSPS) is 11.3. The molecule has 0 unspecified atom stereocenters. The molecule has 0 atom stereocenters. The zero-order chi connectivity index (χ0) is 24.4. The molecule has 1 amide bonds. The Balaban J connectivity index is 1.55. The van der Waals surface area contributed by atoms with E-state index in [1.807, 2.05) is 48.5 Å². The number of ether oxygens (including phenoxy) is 1. The number of fused-ring (bicyclic) bond motifs is 2. The molecule has 0 fully saturated rings. The monoisotopic (exact) mass is 466 g/mol. The van der Waals surface area contributed by atoms with Gasteiger partial charge in [-0.15, -0.1) is 0 Å². The minimum atomic E-state index is -0.390. The van der Waals surface area contributed by atoms with Crippen LogP contribution in [0, 0.1) is 0 Å². The number of aromatic hydroxyl groups is 1. The molecule has 174 valence electrons. The first-order valence-corrected chi connectivity index (χ1v) is 10.8. The van der Waals surface area contributed by atoms with Gasteiger partial charge in [0, 0.05) is 6.54 Å². The van der Waals surface area contributed by atoms with Gasteiger partial charge in [0.1, 0.15) is 28.4 Å². The molecule has 9 heteroatoms. The highest BCUT2D eigenvalue weighted by Gasteiger charge is 2.24. The van der Waals surface area contributed by atoms with Crippen LogP contribution in [0.25, 0.3) is 22.2 Å². The van der Waals surface area contributed by atoms with Gasteiger partial charge in [-0.2, -0.15) is 9.78 Å². The summed E-state index contributed by atoms with van der Waals surface area (Å²) in [6, 6.07) is 21.4. The molecule has 0 aliphatic heterocycles. The van der Waals surface area contributed by atoms with Gasteiger partial charge in [-0.05, 0) is 47.5 Å². The van der Waals surface area contributed by atoms with Crippen LogP contribution in [0.1, 0.15) is 21.5 Å². The number of methoxy groups -OCH3 is 1. The van der Waals surface area contributed by atoms with E-state index in [0.717, 1.165) is 11.3 Å². The molecule has 0 aliphatic rings. The maximum atomic E-state index is 13.3. The lowest BCUT2D eigenvalue weighted by Gasteiger charge is -2.06. The Kier molecular flexibility index (Phi) is 5.72. The first-order valence-electron chi connectivity index (χ1n) is 10.8. The number of hydrogen-bond acceptors (Lipinski definition) is 7. The van der Waals surface area contributed by atoms with E-state index in [4.69, 9.17) is 10.5 Å². The van der Waals surface area contributed by atoms with Crippen molar-refractivity contribution in [1.82, 2.24) is 20.0 Å². The van der Waals surface area contributed by atoms with Gasteiger partial charge in [0.2, 0.25) is 0 Å². The number of amides is 1. The summed E-state index contributed by atoms with van der Waals surface area (Å²) in [4.78, 5) is 22.6. The molecule has 0 bridgehead atoms. The number of hydrogen-bond donors (Lipinski definition) is 3. The minimum absolute atomic E-state index is 0.110. The molecule has 9 nitrogen and oxygen atoms in total. The number of nitrogen functional groups attached to an aromatic ring is 1. The first-order chi connectivity index (χ1) is 17.0. The second-order valence-electron chi connectivity index (χ2n) is 7.83. The van der Waals surface area contributed by atoms with Crippen molar-refractivity contribution in [2.75, 3.05) is 12.8 Å². The van der Waals surface area contributed by atoms with Gasteiger partial charge >= 0.3 is 0 Å². The number of nitrogens with one attached hydrogen (secondary N) is 1. The summed E-state index contributed by atoms with van der Waals surface area (Å²) < 4.78 is 6.57. The number of nitrogens with two attached hydrogens (primary N) is 1. The van der Waals surface area contributed by atoms with Crippen molar-refractivity contribution in [2.45, 2.75) is 6.54 Å². The molecule has 0 saturated heterocycles. The van der Waals surface area contributed by atoms with Gasteiger partial charge in [-0.25, -0.2) is 9.97 Å². The molecule has 35 heavy (non-hydrogen) atoms. The summed E-state index contributed by atoms with van der Waals surface area (Å²) in [5.41, 5.74) is 10.2. The lowest BCUT2D eigenvalue weighted by molar-refractivity contribution is 0.0953. The maximum absolute atomic E-state index is 13.3. The average Bonchev–Trinajstić information content (AvgIpc) is 3.15. The van der Waals surface area contributed by atoms with E-state index in [1.165, 1.54) is 10.9 Å². The summed E-state index contributed by atoms with van der Waals surface area (Å²) in [6.07, 6.45) is 1.53. The van der Waals surface area contributed by atoms with Gasteiger partial charge in [0.15, 0.2) is 5.65 Å². The highest BCUT2D eigenvalue weighted by atomic mass is 16.5. The van der Waals surface area contributed by atoms with Crippen LogP contribution in [0.5, 0.6) is 11.5 Å². The number of carbonyl (C=O) groups is 1. The molecule has 0 spiro atoms. The Morgan fingerprint density at radius 3 is 2.54 bits per heavy atom. The molecule has 0 saturated carbocycles. The van der Waals surface area contributed by atoms with Crippen LogP contribution >= 0.6 is 0 Å². The van der Waals surface area contributed by atoms with E-state index in [0.29, 0.717) is 34.3 Å². The number of rotatable bonds is 6. The summed E-state index contributed by atoms with van der Waals surface area (Å²) in [7, 11) is 1.60. The fourth-order valence-corrected chi connectivity index (χ4v) is 3.73. The summed E-state index contributed by atoms with van der Waals surface area (Å²) in [6.45, 7) is 0.294. The Morgan fingerprint density at radius 2 is 1.83 bits per heavy atom. The van der Waals surface area contributed by atoms with Gasteiger partial charge in [0.25, 0.3) is 5.91 Å². The van der Waals surface area contributed by atoms with Crippen LogP contribution in [0.2, 0.25) is 0 Å². The number of para-hydroxylation sites is 2. The fourth-order valence-electron chi connectivity index (χ4n) is 3.73. The van der Waals surface area contributed by atoms with Gasteiger partial charge < -0.3 is 20.9 Å². The predicted molar refractivity (Wildman–Crippen MR) is 135 cm³/mol. The largest absolute Gasteiger partial charge is 0.508 e. The third-order valence-electron chi connectivity index (χ3n) is 5.51. The smallest absolute Gasteiger partial charge is 0.257 e. The molecule has 2 heterocycles. The van der Waals surface area contributed by atoms with Crippen molar-refractivity contribution in [1.29, 1.82) is 0 Å². The highest BCUT2D eigenvalue weighted by Crippen LogP contribution is 2.28. The number of benzene rings is 3. The van der Waals surface area contributed by atoms with Crippen LogP contribution in [0.15, 0.2) is 77.9 Å². The second-order valence-corrected chi connectivity index (χ2v) is 7.83. The van der Waals surface area contributed by atoms with Crippen LogP contribution in [0.3, 0.4) is 0 Å². The molecule has 2 aromatic heterocycles. The summed E-state index contributed by atoms with van der Waals surface area (Å²) in [5, 5.41) is 17.1. The lowest BCUT2D eigenvalue weighted by atomic mass is 10.2. The number of anilines is 1. The average molecular weight is 467 g/mol. The predicted octanol–water partition coefficient (Wildman–Crippen LogP) is 3.69. The SMILES string of the molecule is COc1ccc(CNC(=O)c2c(N)n(/N=C\c3cccc(O)c3)c3nc4ccccc4nc23)cc1. The van der Waals surface area contributed by atoms with E-state index < -0.39 is 0 Å². The number of nitrogens with zero attached hydrogens (tertiary/aromatic N) is 4. The van der Waals surface area contributed by atoms with Crippen molar-refractivity contribution >= 4 is 40.1 Å². The maximum Gasteiger partial charge on any atom is 0.257 e. The third kappa shape index (κ3) is 4.34. The second kappa shape index (κ2) is 9.14. The van der Waals surface area contributed by atoms with Crippen molar-refractivity contribution in [3.63, 3.8) is 0 Å². The van der Waals surface area contributed by atoms with Gasteiger partial charge in [-0.3, -0.25) is 4.79 Å². The molecule has 0 aliphatic carbocycles. The number of phenols is 1. The summed E-state index contributed by atoms with van der Waals surface area (Å²) in [5.74, 6) is 0.570. The van der Waals surface area contributed by atoms with Crippen LogP contribution in [0.4, 0.5) is 5.82 Å². The Hall–Kier alpha value is -4.92. The number of phenolic OH excluding ortho intramolecular Hbond substituents is 1. The standard InChI is InChI=1S/C26H22N6O3/c1-35-19-11-9-16(10-12-19)14-28-26(34)22-23-25(31-21-8-3-2-7-20(21)30-23)32(24(22)27)29-15-17-5-4-6-18(33)13-17/h2-13,15,33H,14,27H2,1H3,(H,28,34)/b29-15-. The molecule has 5 aromatic rings. The molecule has 5 rings (SSSR count). The quantitative estimate of drug-likeness (QED) is 0.328.